The Balaban J connectivity index is 1.37. The maximum atomic E-state index is 13.3. The van der Waals surface area contributed by atoms with E-state index in [2.05, 4.69) is 36.1 Å². The molecule has 0 bridgehead atoms. The van der Waals surface area contributed by atoms with Gasteiger partial charge in [-0.2, -0.15) is 0 Å². The summed E-state index contributed by atoms with van der Waals surface area (Å²) >= 11 is 1.79. The molecule has 2 aromatic rings. The summed E-state index contributed by atoms with van der Waals surface area (Å²) in [4.78, 5) is 9.71. The number of thiazole rings is 1. The number of nitrogens with zero attached hydrogens (tertiary/aromatic N) is 3. The SMILES string of the molecule is CC(C)c1csc(CN(C)CC2CCN(CCc3cccc(F)c3)CC2)n1. The topological polar surface area (TPSA) is 19.4 Å². The summed E-state index contributed by atoms with van der Waals surface area (Å²) in [6.45, 7) is 9.84. The fourth-order valence-corrected chi connectivity index (χ4v) is 4.81. The van der Waals surface area contributed by atoms with Gasteiger partial charge >= 0.3 is 0 Å². The number of hydrogen-bond donors (Lipinski definition) is 0. The van der Waals surface area contributed by atoms with Gasteiger partial charge in [-0.15, -0.1) is 11.3 Å². The van der Waals surface area contributed by atoms with E-state index >= 15 is 0 Å². The van der Waals surface area contributed by atoms with Gasteiger partial charge < -0.3 is 4.90 Å². The zero-order valence-electron chi connectivity index (χ0n) is 16.8. The Hall–Kier alpha value is -1.30. The molecule has 0 atom stereocenters. The van der Waals surface area contributed by atoms with Gasteiger partial charge in [-0.1, -0.05) is 26.0 Å². The molecule has 0 spiro atoms. The molecule has 27 heavy (non-hydrogen) atoms. The molecule has 3 rings (SSSR count). The monoisotopic (exact) mass is 389 g/mol. The fraction of sp³-hybridized carbons (Fsp3) is 0.591. The highest BCUT2D eigenvalue weighted by Gasteiger charge is 2.20. The maximum Gasteiger partial charge on any atom is 0.123 e. The van der Waals surface area contributed by atoms with Gasteiger partial charge in [0.25, 0.3) is 0 Å². The van der Waals surface area contributed by atoms with E-state index in [0.717, 1.165) is 50.6 Å². The van der Waals surface area contributed by atoms with E-state index in [0.29, 0.717) is 5.92 Å². The molecular formula is C22H32FN3S. The van der Waals surface area contributed by atoms with Crippen LogP contribution < -0.4 is 0 Å². The smallest absolute Gasteiger partial charge is 0.123 e. The summed E-state index contributed by atoms with van der Waals surface area (Å²) in [5, 5.41) is 3.43. The second-order valence-electron chi connectivity index (χ2n) is 8.18. The van der Waals surface area contributed by atoms with Crippen molar-refractivity contribution in [1.29, 1.82) is 0 Å². The Bertz CT molecular complexity index is 707. The molecule has 1 aromatic carbocycles. The van der Waals surface area contributed by atoms with Crippen LogP contribution in [0.2, 0.25) is 0 Å². The third-order valence-electron chi connectivity index (χ3n) is 5.45. The molecular weight excluding hydrogens is 357 g/mol. The van der Waals surface area contributed by atoms with Crippen molar-refractivity contribution in [1.82, 2.24) is 14.8 Å². The second-order valence-corrected chi connectivity index (χ2v) is 9.13. The summed E-state index contributed by atoms with van der Waals surface area (Å²) in [7, 11) is 2.22. The molecule has 0 radical (unpaired) electrons. The lowest BCUT2D eigenvalue weighted by Crippen LogP contribution is -2.38. The Morgan fingerprint density at radius 2 is 2.07 bits per heavy atom. The first-order valence-electron chi connectivity index (χ1n) is 10.1. The number of piperidine rings is 1. The summed E-state index contributed by atoms with van der Waals surface area (Å²) in [6, 6.07) is 7.00. The molecule has 1 aliphatic rings. The molecule has 0 aliphatic carbocycles. The lowest BCUT2D eigenvalue weighted by Gasteiger charge is -2.33. The van der Waals surface area contributed by atoms with Crippen LogP contribution in [0, 0.1) is 11.7 Å². The molecule has 0 unspecified atom stereocenters. The Morgan fingerprint density at radius 1 is 1.30 bits per heavy atom. The third-order valence-corrected chi connectivity index (χ3v) is 6.30. The molecule has 5 heteroatoms. The number of benzene rings is 1. The molecule has 0 saturated carbocycles. The zero-order valence-corrected chi connectivity index (χ0v) is 17.6. The number of likely N-dealkylation sites (tertiary alicyclic amines) is 1. The van der Waals surface area contributed by atoms with Crippen molar-refractivity contribution in [2.45, 2.75) is 45.6 Å². The lowest BCUT2D eigenvalue weighted by atomic mass is 9.96. The third kappa shape index (κ3) is 6.37. The molecule has 148 valence electrons. The molecule has 1 aromatic heterocycles. The average Bonchev–Trinajstić information content (AvgIpc) is 3.10. The molecule has 0 N–H and O–H groups in total. The second kappa shape index (κ2) is 9.76. The van der Waals surface area contributed by atoms with Crippen LogP contribution in [0.15, 0.2) is 29.6 Å². The fourth-order valence-electron chi connectivity index (χ4n) is 3.77. The molecule has 1 saturated heterocycles. The van der Waals surface area contributed by atoms with Gasteiger partial charge in [0, 0.05) is 18.5 Å². The van der Waals surface area contributed by atoms with E-state index in [-0.39, 0.29) is 5.82 Å². The van der Waals surface area contributed by atoms with Crippen LogP contribution in [0.4, 0.5) is 4.39 Å². The van der Waals surface area contributed by atoms with Gasteiger partial charge in [0.05, 0.1) is 12.2 Å². The van der Waals surface area contributed by atoms with E-state index < -0.39 is 0 Å². The molecule has 0 amide bonds. The largest absolute Gasteiger partial charge is 0.303 e. The van der Waals surface area contributed by atoms with Crippen molar-refractivity contribution in [2.24, 2.45) is 5.92 Å². The Labute approximate surface area is 167 Å². The lowest BCUT2D eigenvalue weighted by molar-refractivity contribution is 0.153. The highest BCUT2D eigenvalue weighted by molar-refractivity contribution is 7.09. The van der Waals surface area contributed by atoms with Crippen LogP contribution >= 0.6 is 11.3 Å². The van der Waals surface area contributed by atoms with Crippen LogP contribution in [0.1, 0.15) is 48.9 Å². The summed E-state index contributed by atoms with van der Waals surface area (Å²) in [5.74, 6) is 1.15. The number of hydrogen-bond acceptors (Lipinski definition) is 4. The van der Waals surface area contributed by atoms with Crippen LogP contribution in [-0.2, 0) is 13.0 Å². The predicted molar refractivity (Wildman–Crippen MR) is 112 cm³/mol. The molecule has 1 fully saturated rings. The van der Waals surface area contributed by atoms with Crippen LogP contribution in [-0.4, -0.2) is 48.0 Å². The Morgan fingerprint density at radius 3 is 2.74 bits per heavy atom. The van der Waals surface area contributed by atoms with E-state index in [1.54, 1.807) is 23.5 Å². The number of halogens is 1. The number of aromatic nitrogens is 1. The quantitative estimate of drug-likeness (QED) is 0.647. The minimum Gasteiger partial charge on any atom is -0.303 e. The first-order chi connectivity index (χ1) is 13.0. The van der Waals surface area contributed by atoms with Gasteiger partial charge in [-0.25, -0.2) is 9.37 Å². The first-order valence-corrected chi connectivity index (χ1v) is 11.0. The van der Waals surface area contributed by atoms with Gasteiger partial charge in [-0.3, -0.25) is 4.90 Å². The van der Waals surface area contributed by atoms with Crippen molar-refractivity contribution >= 4 is 11.3 Å². The Kier molecular flexibility index (Phi) is 7.39. The minimum atomic E-state index is -0.130. The zero-order chi connectivity index (χ0) is 19.2. The van der Waals surface area contributed by atoms with E-state index in [4.69, 9.17) is 4.98 Å². The van der Waals surface area contributed by atoms with Crippen molar-refractivity contribution in [3.05, 3.63) is 51.7 Å². The normalized spacial score (nSPS) is 16.5. The maximum absolute atomic E-state index is 13.3. The van der Waals surface area contributed by atoms with E-state index in [9.17, 15) is 4.39 Å². The summed E-state index contributed by atoms with van der Waals surface area (Å²) in [5.41, 5.74) is 2.32. The van der Waals surface area contributed by atoms with Crippen LogP contribution in [0.3, 0.4) is 0 Å². The standard InChI is InChI=1S/C22H32FN3S/c1-17(2)21-16-27-22(24-21)15-25(3)14-19-8-11-26(12-9-19)10-7-18-5-4-6-20(23)13-18/h4-6,13,16-17,19H,7-12,14-15H2,1-3H3. The van der Waals surface area contributed by atoms with Gasteiger partial charge in [0.2, 0.25) is 0 Å². The molecule has 1 aliphatic heterocycles. The van der Waals surface area contributed by atoms with Crippen LogP contribution in [0.25, 0.3) is 0 Å². The van der Waals surface area contributed by atoms with Crippen molar-refractivity contribution in [3.8, 4) is 0 Å². The van der Waals surface area contributed by atoms with Gasteiger partial charge in [-0.05, 0) is 68.9 Å². The van der Waals surface area contributed by atoms with E-state index in [1.807, 2.05) is 6.07 Å². The molecule has 2 heterocycles. The highest BCUT2D eigenvalue weighted by atomic mass is 32.1. The highest BCUT2D eigenvalue weighted by Crippen LogP contribution is 2.22. The van der Waals surface area contributed by atoms with Crippen LogP contribution in [0.5, 0.6) is 0 Å². The number of rotatable bonds is 8. The average molecular weight is 390 g/mol. The van der Waals surface area contributed by atoms with E-state index in [1.165, 1.54) is 29.6 Å². The first kappa shape index (κ1) is 20.4. The van der Waals surface area contributed by atoms with Gasteiger partial charge in [0.15, 0.2) is 0 Å². The van der Waals surface area contributed by atoms with Gasteiger partial charge in [0.1, 0.15) is 10.8 Å². The van der Waals surface area contributed by atoms with Crippen molar-refractivity contribution < 1.29 is 4.39 Å². The predicted octanol–water partition coefficient (Wildman–Crippen LogP) is 4.79. The summed E-state index contributed by atoms with van der Waals surface area (Å²) in [6.07, 6.45) is 3.44. The molecule has 3 nitrogen and oxygen atoms in total. The van der Waals surface area contributed by atoms with Crippen molar-refractivity contribution in [2.75, 3.05) is 33.2 Å². The van der Waals surface area contributed by atoms with Crippen molar-refractivity contribution in [3.63, 3.8) is 0 Å². The minimum absolute atomic E-state index is 0.130. The summed E-state index contributed by atoms with van der Waals surface area (Å²) < 4.78 is 13.3.